The molecule has 3 N–H and O–H groups in total. The molecule has 8 nitrogen and oxygen atoms in total. The number of nitrogens with zero attached hydrogens (tertiary/aromatic N) is 1. The van der Waals surface area contributed by atoms with Gasteiger partial charge in [-0.25, -0.2) is 13.1 Å². The number of amides is 2. The van der Waals surface area contributed by atoms with Gasteiger partial charge in [0.2, 0.25) is 21.8 Å². The molecule has 0 saturated carbocycles. The second-order valence-corrected chi connectivity index (χ2v) is 7.69. The van der Waals surface area contributed by atoms with Crippen LogP contribution in [0.4, 0.5) is 5.69 Å². The molecule has 2 amide bonds. The summed E-state index contributed by atoms with van der Waals surface area (Å²) in [7, 11) is -3.73. The van der Waals surface area contributed by atoms with Crippen LogP contribution in [0.15, 0.2) is 53.7 Å². The summed E-state index contributed by atoms with van der Waals surface area (Å²) in [4.78, 5) is 27.0. The molecule has 0 radical (unpaired) electrons. The Morgan fingerprint density at radius 2 is 1.70 bits per heavy atom. The van der Waals surface area contributed by atoms with E-state index in [1.165, 1.54) is 31.2 Å². The molecular weight excluding hydrogens is 368 g/mol. The maximum Gasteiger partial charge on any atom is 0.240 e. The van der Waals surface area contributed by atoms with E-state index < -0.39 is 10.0 Å². The first-order valence-corrected chi connectivity index (χ1v) is 9.83. The first-order chi connectivity index (χ1) is 12.8. The van der Waals surface area contributed by atoms with E-state index in [0.717, 1.165) is 5.56 Å². The van der Waals surface area contributed by atoms with E-state index in [2.05, 4.69) is 20.3 Å². The van der Waals surface area contributed by atoms with E-state index in [4.69, 9.17) is 0 Å². The van der Waals surface area contributed by atoms with Gasteiger partial charge >= 0.3 is 0 Å². The number of rotatable bonds is 8. The van der Waals surface area contributed by atoms with E-state index in [1.807, 2.05) is 6.92 Å². The fourth-order valence-corrected chi connectivity index (χ4v) is 3.38. The van der Waals surface area contributed by atoms with Crippen LogP contribution >= 0.6 is 0 Å². The number of hydrogen-bond acceptors (Lipinski definition) is 5. The average molecular weight is 390 g/mol. The Hall–Kier alpha value is -2.78. The summed E-state index contributed by atoms with van der Waals surface area (Å²) in [5.74, 6) is -0.501. The van der Waals surface area contributed by atoms with Crippen molar-refractivity contribution in [2.24, 2.45) is 0 Å². The van der Waals surface area contributed by atoms with Crippen LogP contribution < -0.4 is 15.4 Å². The summed E-state index contributed by atoms with van der Waals surface area (Å²) in [6, 6.07) is 9.19. The van der Waals surface area contributed by atoms with Gasteiger partial charge in [-0.2, -0.15) is 0 Å². The van der Waals surface area contributed by atoms with Gasteiger partial charge in [0, 0.05) is 38.0 Å². The van der Waals surface area contributed by atoms with Crippen LogP contribution in [0.1, 0.15) is 31.9 Å². The van der Waals surface area contributed by atoms with Crippen molar-refractivity contribution >= 4 is 27.5 Å². The van der Waals surface area contributed by atoms with Crippen LogP contribution in [0, 0.1) is 0 Å². The number of aromatic nitrogens is 1. The van der Waals surface area contributed by atoms with Crippen LogP contribution in [-0.4, -0.2) is 31.8 Å². The van der Waals surface area contributed by atoms with E-state index in [1.54, 1.807) is 24.5 Å². The van der Waals surface area contributed by atoms with Gasteiger partial charge < -0.3 is 10.6 Å². The molecule has 0 spiro atoms. The highest BCUT2D eigenvalue weighted by atomic mass is 32.2. The predicted molar refractivity (Wildman–Crippen MR) is 101 cm³/mol. The first kappa shape index (κ1) is 20.5. The number of hydrogen-bond donors (Lipinski definition) is 3. The van der Waals surface area contributed by atoms with Crippen LogP contribution in [-0.2, 0) is 19.6 Å². The van der Waals surface area contributed by atoms with Gasteiger partial charge in [-0.15, -0.1) is 0 Å². The van der Waals surface area contributed by atoms with Crippen molar-refractivity contribution in [2.45, 2.75) is 31.2 Å². The monoisotopic (exact) mass is 390 g/mol. The van der Waals surface area contributed by atoms with Crippen molar-refractivity contribution in [3.05, 3.63) is 54.4 Å². The third-order valence-corrected chi connectivity index (χ3v) is 5.19. The highest BCUT2D eigenvalue weighted by molar-refractivity contribution is 7.89. The lowest BCUT2D eigenvalue weighted by atomic mass is 10.1. The molecular formula is C18H22N4O4S. The molecule has 1 heterocycles. The maximum atomic E-state index is 12.3. The lowest BCUT2D eigenvalue weighted by Gasteiger charge is -2.14. The molecule has 2 rings (SSSR count). The molecule has 1 aromatic carbocycles. The van der Waals surface area contributed by atoms with Gasteiger partial charge in [-0.3, -0.25) is 14.6 Å². The Morgan fingerprint density at radius 3 is 2.30 bits per heavy atom. The van der Waals surface area contributed by atoms with Gasteiger partial charge in [0.1, 0.15) is 0 Å². The number of sulfonamides is 1. The van der Waals surface area contributed by atoms with Crippen molar-refractivity contribution in [1.29, 1.82) is 0 Å². The van der Waals surface area contributed by atoms with Crippen molar-refractivity contribution in [3.8, 4) is 0 Å². The summed E-state index contributed by atoms with van der Waals surface area (Å²) >= 11 is 0. The lowest BCUT2D eigenvalue weighted by Crippen LogP contribution is -2.32. The lowest BCUT2D eigenvalue weighted by molar-refractivity contribution is -0.121. The summed E-state index contributed by atoms with van der Waals surface area (Å²) in [6.07, 6.45) is 3.30. The second-order valence-electron chi connectivity index (χ2n) is 5.92. The molecule has 9 heteroatoms. The summed E-state index contributed by atoms with van der Waals surface area (Å²) < 4.78 is 26.9. The van der Waals surface area contributed by atoms with Crippen molar-refractivity contribution in [1.82, 2.24) is 15.0 Å². The number of carbonyl (C=O) groups is 2. The molecule has 0 aliphatic rings. The Bertz CT molecular complexity index is 883. The van der Waals surface area contributed by atoms with E-state index >= 15 is 0 Å². The minimum Gasteiger partial charge on any atom is -0.350 e. The van der Waals surface area contributed by atoms with E-state index in [0.29, 0.717) is 5.69 Å². The Kier molecular flexibility index (Phi) is 7.03. The number of carbonyl (C=O) groups excluding carboxylic acids is 2. The van der Waals surface area contributed by atoms with Crippen LogP contribution in [0.2, 0.25) is 0 Å². The smallest absolute Gasteiger partial charge is 0.240 e. The molecule has 0 fully saturated rings. The Balaban J connectivity index is 1.84. The number of pyridine rings is 1. The molecule has 0 unspecified atom stereocenters. The normalized spacial score (nSPS) is 12.2. The zero-order valence-corrected chi connectivity index (χ0v) is 15.9. The zero-order valence-electron chi connectivity index (χ0n) is 15.1. The molecule has 144 valence electrons. The summed E-state index contributed by atoms with van der Waals surface area (Å²) in [5.41, 5.74) is 1.42. The minimum absolute atomic E-state index is 0.0125. The third kappa shape index (κ3) is 6.46. The maximum absolute atomic E-state index is 12.3. The molecule has 2 aromatic rings. The van der Waals surface area contributed by atoms with Crippen LogP contribution in [0.25, 0.3) is 0 Å². The minimum atomic E-state index is -3.73. The quantitative estimate of drug-likeness (QED) is 0.633. The van der Waals surface area contributed by atoms with Gasteiger partial charge in [0.05, 0.1) is 10.9 Å². The topological polar surface area (TPSA) is 117 Å². The zero-order chi connectivity index (χ0) is 19.9. The fraction of sp³-hybridized carbons (Fsp3) is 0.278. The molecule has 0 aliphatic carbocycles. The highest BCUT2D eigenvalue weighted by Crippen LogP contribution is 2.14. The number of anilines is 1. The summed E-state index contributed by atoms with van der Waals surface area (Å²) in [5, 5.41) is 5.37. The van der Waals surface area contributed by atoms with Crippen molar-refractivity contribution in [2.75, 3.05) is 11.9 Å². The predicted octanol–water partition coefficient (Wildman–Crippen LogP) is 1.59. The van der Waals surface area contributed by atoms with Gasteiger partial charge in [0.25, 0.3) is 0 Å². The highest BCUT2D eigenvalue weighted by Gasteiger charge is 2.15. The van der Waals surface area contributed by atoms with Gasteiger partial charge in [-0.05, 0) is 48.9 Å². The standard InChI is InChI=1S/C18H22N4O4S/c1-13(15-7-10-19-11-8-15)21-18(24)9-12-20-27(25,26)17-5-3-16(4-6-17)22-14(2)23/h3-8,10-11,13,20H,9,12H2,1-2H3,(H,21,24)(H,22,23)/t13-/m1/s1. The van der Waals surface area contributed by atoms with Gasteiger partial charge in [-0.1, -0.05) is 0 Å². The summed E-state index contributed by atoms with van der Waals surface area (Å²) in [6.45, 7) is 3.19. The largest absolute Gasteiger partial charge is 0.350 e. The van der Waals surface area contributed by atoms with Crippen LogP contribution in [0.3, 0.4) is 0 Å². The fourth-order valence-electron chi connectivity index (χ4n) is 2.35. The average Bonchev–Trinajstić information content (AvgIpc) is 2.62. The molecule has 0 bridgehead atoms. The molecule has 1 atom stereocenters. The SMILES string of the molecule is CC(=O)Nc1ccc(S(=O)(=O)NCCC(=O)N[C@H](C)c2ccncc2)cc1. The molecule has 0 aliphatic heterocycles. The molecule has 0 saturated heterocycles. The van der Waals surface area contributed by atoms with E-state index in [9.17, 15) is 18.0 Å². The molecule has 27 heavy (non-hydrogen) atoms. The van der Waals surface area contributed by atoms with Gasteiger partial charge in [0.15, 0.2) is 0 Å². The number of nitrogens with one attached hydrogen (secondary N) is 3. The number of benzene rings is 1. The van der Waals surface area contributed by atoms with Crippen molar-refractivity contribution < 1.29 is 18.0 Å². The molecule has 1 aromatic heterocycles. The Morgan fingerprint density at radius 1 is 1.07 bits per heavy atom. The third-order valence-electron chi connectivity index (χ3n) is 3.71. The van der Waals surface area contributed by atoms with Crippen LogP contribution in [0.5, 0.6) is 0 Å². The van der Waals surface area contributed by atoms with E-state index in [-0.39, 0.29) is 35.7 Å². The first-order valence-electron chi connectivity index (χ1n) is 8.34. The Labute approximate surface area is 158 Å². The van der Waals surface area contributed by atoms with Crippen molar-refractivity contribution in [3.63, 3.8) is 0 Å². The second kappa shape index (κ2) is 9.24.